The Balaban J connectivity index is 0. The predicted molar refractivity (Wildman–Crippen MR) is 92.6 cm³/mol. The van der Waals surface area contributed by atoms with Gasteiger partial charge in [-0.3, -0.25) is 9.59 Å². The predicted octanol–water partition coefficient (Wildman–Crippen LogP) is 1.00. The first-order chi connectivity index (χ1) is 11.4. The molecule has 2 unspecified atom stereocenters. The summed E-state index contributed by atoms with van der Waals surface area (Å²) < 4.78 is 4.67. The van der Waals surface area contributed by atoms with Crippen molar-refractivity contribution in [2.75, 3.05) is 14.2 Å². The van der Waals surface area contributed by atoms with Gasteiger partial charge in [0.1, 0.15) is 12.3 Å². The lowest BCUT2D eigenvalue weighted by Crippen LogP contribution is -2.36. The summed E-state index contributed by atoms with van der Waals surface area (Å²) >= 11 is 0. The molecule has 4 N–H and O–H groups in total. The van der Waals surface area contributed by atoms with E-state index >= 15 is 0 Å². The Bertz CT molecular complexity index is 465. The third-order valence-corrected chi connectivity index (χ3v) is 2.70. The third kappa shape index (κ3) is 12.3. The number of likely N-dealkylation sites (N-methyl/N-ethyl adjacent to an activating group) is 1. The van der Waals surface area contributed by atoms with Crippen LogP contribution in [0.3, 0.4) is 0 Å². The Kier molecular flexibility index (Phi) is 15.6. The van der Waals surface area contributed by atoms with Crippen molar-refractivity contribution in [1.29, 1.82) is 0 Å². The van der Waals surface area contributed by atoms with Gasteiger partial charge in [-0.1, -0.05) is 44.2 Å². The van der Waals surface area contributed by atoms with E-state index in [1.807, 2.05) is 44.2 Å². The zero-order valence-electron chi connectivity index (χ0n) is 14.7. The molecule has 0 amide bonds. The van der Waals surface area contributed by atoms with Crippen molar-refractivity contribution in [2.24, 2.45) is 5.73 Å². The lowest BCUT2D eigenvalue weighted by molar-refractivity contribution is -0.143. The van der Waals surface area contributed by atoms with Crippen LogP contribution in [0.15, 0.2) is 30.3 Å². The number of aliphatic carboxylic acids is 1. The molecule has 0 saturated carbocycles. The normalized spacial score (nSPS) is 11.5. The smallest absolute Gasteiger partial charge is 0.323 e. The monoisotopic (exact) mass is 340 g/mol. The Hall–Kier alpha value is -2.25. The number of esters is 1. The first-order valence-electron chi connectivity index (χ1n) is 7.66. The number of nitrogens with two attached hydrogens (primary N) is 1. The number of aldehydes is 1. The molecule has 0 bridgehead atoms. The number of hydrogen-bond donors (Lipinski definition) is 3. The van der Waals surface area contributed by atoms with E-state index in [1.165, 1.54) is 7.11 Å². The molecule has 2 atom stereocenters. The zero-order chi connectivity index (χ0) is 19.0. The zero-order valence-corrected chi connectivity index (χ0v) is 14.7. The fourth-order valence-electron chi connectivity index (χ4n) is 1.55. The van der Waals surface area contributed by atoms with E-state index in [0.717, 1.165) is 5.56 Å². The Morgan fingerprint density at radius 2 is 1.83 bits per heavy atom. The topological polar surface area (TPSA) is 119 Å². The molecule has 136 valence electrons. The molecule has 0 aromatic heterocycles. The fourth-order valence-corrected chi connectivity index (χ4v) is 1.55. The van der Waals surface area contributed by atoms with Gasteiger partial charge in [0.25, 0.3) is 0 Å². The molecular weight excluding hydrogens is 312 g/mol. The van der Waals surface area contributed by atoms with E-state index in [2.05, 4.69) is 10.1 Å². The van der Waals surface area contributed by atoms with E-state index < -0.39 is 12.0 Å². The number of carbonyl (C=O) groups is 3. The molecule has 0 aliphatic rings. The first-order valence-corrected chi connectivity index (χ1v) is 7.66. The van der Waals surface area contributed by atoms with Crippen LogP contribution in [0.2, 0.25) is 0 Å². The molecule has 0 aliphatic heterocycles. The second-order valence-electron chi connectivity index (χ2n) is 4.45. The molecule has 0 aliphatic carbocycles. The van der Waals surface area contributed by atoms with Crippen LogP contribution in [0.5, 0.6) is 0 Å². The van der Waals surface area contributed by atoms with E-state index in [9.17, 15) is 14.4 Å². The van der Waals surface area contributed by atoms with Crippen molar-refractivity contribution in [3.05, 3.63) is 35.9 Å². The standard InChI is InChI=1S/C11H15NO2.C4H7NO3.C2H6/c1-12-10(11(13)14-2)8-9-6-4-3-5-7-9;5-3(2-6)1-4(7)8;1-2/h3-7,10,12H,8H2,1-2H3;2-3H,1,5H2,(H,7,8);1-2H3. The molecule has 0 spiro atoms. The molecule has 7 nitrogen and oxygen atoms in total. The molecule has 24 heavy (non-hydrogen) atoms. The van der Waals surface area contributed by atoms with Crippen LogP contribution in [0.4, 0.5) is 0 Å². The summed E-state index contributed by atoms with van der Waals surface area (Å²) in [5.41, 5.74) is 6.05. The van der Waals surface area contributed by atoms with Crippen LogP contribution in [-0.4, -0.2) is 49.6 Å². The van der Waals surface area contributed by atoms with Gasteiger partial charge in [-0.25, -0.2) is 0 Å². The number of carboxylic acids is 1. The summed E-state index contributed by atoms with van der Waals surface area (Å²) in [6, 6.07) is 8.74. The Morgan fingerprint density at radius 3 is 2.17 bits per heavy atom. The number of carbonyl (C=O) groups excluding carboxylic acids is 2. The third-order valence-electron chi connectivity index (χ3n) is 2.70. The van der Waals surface area contributed by atoms with E-state index in [-0.39, 0.29) is 18.4 Å². The maximum atomic E-state index is 11.3. The van der Waals surface area contributed by atoms with Crippen molar-refractivity contribution in [3.8, 4) is 0 Å². The summed E-state index contributed by atoms with van der Waals surface area (Å²) in [6.45, 7) is 4.00. The molecule has 0 radical (unpaired) electrons. The number of benzene rings is 1. The van der Waals surface area contributed by atoms with Crippen LogP contribution in [0.1, 0.15) is 25.8 Å². The highest BCUT2D eigenvalue weighted by Crippen LogP contribution is 2.03. The molecule has 1 aromatic rings. The fraction of sp³-hybridized carbons (Fsp3) is 0.471. The average molecular weight is 340 g/mol. The minimum atomic E-state index is -1.05. The van der Waals surface area contributed by atoms with Gasteiger partial charge in [0.05, 0.1) is 19.6 Å². The highest BCUT2D eigenvalue weighted by molar-refractivity contribution is 5.76. The highest BCUT2D eigenvalue weighted by Gasteiger charge is 2.16. The lowest BCUT2D eigenvalue weighted by atomic mass is 10.1. The van der Waals surface area contributed by atoms with E-state index in [4.69, 9.17) is 10.8 Å². The second kappa shape index (κ2) is 15.6. The molecular formula is C17H28N2O5. The minimum Gasteiger partial charge on any atom is -0.481 e. The van der Waals surface area contributed by atoms with Gasteiger partial charge in [0.15, 0.2) is 0 Å². The summed E-state index contributed by atoms with van der Waals surface area (Å²) in [7, 11) is 3.15. The van der Waals surface area contributed by atoms with E-state index in [0.29, 0.717) is 12.7 Å². The van der Waals surface area contributed by atoms with Gasteiger partial charge < -0.3 is 25.7 Å². The van der Waals surface area contributed by atoms with Crippen molar-refractivity contribution in [3.63, 3.8) is 0 Å². The highest BCUT2D eigenvalue weighted by atomic mass is 16.5. The SMILES string of the molecule is CC.CNC(Cc1ccccc1)C(=O)OC.NC(C=O)CC(=O)O. The molecule has 0 heterocycles. The van der Waals surface area contributed by atoms with Crippen LogP contribution >= 0.6 is 0 Å². The molecule has 7 heteroatoms. The maximum absolute atomic E-state index is 11.3. The van der Waals surface area contributed by atoms with Crippen LogP contribution < -0.4 is 11.1 Å². The molecule has 0 fully saturated rings. The maximum Gasteiger partial charge on any atom is 0.323 e. The number of rotatable bonds is 7. The average Bonchev–Trinajstić information content (AvgIpc) is 2.61. The van der Waals surface area contributed by atoms with Gasteiger partial charge in [-0.05, 0) is 19.0 Å². The van der Waals surface area contributed by atoms with Gasteiger partial charge in [-0.15, -0.1) is 0 Å². The van der Waals surface area contributed by atoms with E-state index in [1.54, 1.807) is 7.05 Å². The van der Waals surface area contributed by atoms with Crippen molar-refractivity contribution in [2.45, 2.75) is 38.8 Å². The van der Waals surface area contributed by atoms with Gasteiger partial charge in [0.2, 0.25) is 0 Å². The van der Waals surface area contributed by atoms with Crippen molar-refractivity contribution in [1.82, 2.24) is 5.32 Å². The lowest BCUT2D eigenvalue weighted by Gasteiger charge is -2.13. The van der Waals surface area contributed by atoms with Crippen LogP contribution in [0.25, 0.3) is 0 Å². The Morgan fingerprint density at radius 1 is 1.29 bits per heavy atom. The molecule has 1 rings (SSSR count). The largest absolute Gasteiger partial charge is 0.481 e. The Labute approximate surface area is 143 Å². The first kappa shape index (κ1) is 24.0. The quantitative estimate of drug-likeness (QED) is 0.500. The number of carboxylic acid groups (broad SMARTS) is 1. The number of hydrogen-bond acceptors (Lipinski definition) is 6. The summed E-state index contributed by atoms with van der Waals surface area (Å²) in [5, 5.41) is 10.9. The number of nitrogens with one attached hydrogen (secondary N) is 1. The van der Waals surface area contributed by atoms with Gasteiger partial charge >= 0.3 is 11.9 Å². The van der Waals surface area contributed by atoms with Gasteiger partial charge in [-0.2, -0.15) is 0 Å². The summed E-state index contributed by atoms with van der Waals surface area (Å²) in [5.74, 6) is -1.28. The molecule has 0 saturated heterocycles. The van der Waals surface area contributed by atoms with Gasteiger partial charge in [0, 0.05) is 0 Å². The van der Waals surface area contributed by atoms with Crippen molar-refractivity contribution < 1.29 is 24.2 Å². The minimum absolute atomic E-state index is 0.226. The van der Waals surface area contributed by atoms with Crippen LogP contribution in [-0.2, 0) is 25.5 Å². The number of ether oxygens (including phenoxy) is 1. The van der Waals surface area contributed by atoms with Crippen molar-refractivity contribution >= 4 is 18.2 Å². The summed E-state index contributed by atoms with van der Waals surface area (Å²) in [6.07, 6.45) is 0.779. The molecule has 1 aromatic carbocycles. The summed E-state index contributed by atoms with van der Waals surface area (Å²) in [4.78, 5) is 30.6. The second-order valence-corrected chi connectivity index (χ2v) is 4.45. The van der Waals surface area contributed by atoms with Crippen LogP contribution in [0, 0.1) is 0 Å². The number of methoxy groups -OCH3 is 1.